The zero-order valence-corrected chi connectivity index (χ0v) is 10.7. The molecular formula is C14H15NO4. The van der Waals surface area contributed by atoms with Gasteiger partial charge in [0.15, 0.2) is 0 Å². The second kappa shape index (κ2) is 5.19. The molecule has 0 aliphatic heterocycles. The van der Waals surface area contributed by atoms with Crippen molar-refractivity contribution >= 4 is 5.97 Å². The summed E-state index contributed by atoms with van der Waals surface area (Å²) in [7, 11) is 1.48. The normalized spacial score (nSPS) is 15.4. The topological polar surface area (TPSA) is 79.5 Å². The van der Waals surface area contributed by atoms with E-state index in [2.05, 4.69) is 6.07 Å². The van der Waals surface area contributed by atoms with Gasteiger partial charge in [0.2, 0.25) is 0 Å². The number of hydrogen-bond donors (Lipinski definition) is 1. The lowest BCUT2D eigenvalue weighted by Crippen LogP contribution is -2.14. The van der Waals surface area contributed by atoms with Gasteiger partial charge in [0.05, 0.1) is 19.8 Å². The standard InChI is InChI=1S/C14H15NO4/c1-18-10-2-3-12(11(8-10)13(16)17)19-9-14(4-5-14)6-7-15/h2-3,8H,4-6,9H2,1H3,(H,16,17). The molecule has 2 rings (SSSR count). The Labute approximate surface area is 111 Å². The van der Waals surface area contributed by atoms with E-state index in [9.17, 15) is 4.79 Å². The number of rotatable bonds is 6. The third kappa shape index (κ3) is 2.97. The number of carbonyl (C=O) groups is 1. The number of nitriles is 1. The lowest BCUT2D eigenvalue weighted by molar-refractivity contribution is 0.0690. The van der Waals surface area contributed by atoms with E-state index in [4.69, 9.17) is 19.8 Å². The van der Waals surface area contributed by atoms with Crippen LogP contribution in [0.1, 0.15) is 29.6 Å². The minimum Gasteiger partial charge on any atom is -0.497 e. The molecule has 1 aromatic carbocycles. The van der Waals surface area contributed by atoms with E-state index in [1.54, 1.807) is 12.1 Å². The highest BCUT2D eigenvalue weighted by molar-refractivity contribution is 5.91. The van der Waals surface area contributed by atoms with Crippen LogP contribution in [0.4, 0.5) is 0 Å². The first-order chi connectivity index (χ1) is 9.10. The van der Waals surface area contributed by atoms with Crippen molar-refractivity contribution in [3.63, 3.8) is 0 Å². The molecule has 1 aromatic rings. The van der Waals surface area contributed by atoms with Crippen molar-refractivity contribution < 1.29 is 19.4 Å². The second-order valence-electron chi connectivity index (χ2n) is 4.79. The third-order valence-corrected chi connectivity index (χ3v) is 3.36. The van der Waals surface area contributed by atoms with Gasteiger partial charge < -0.3 is 14.6 Å². The van der Waals surface area contributed by atoms with E-state index in [0.29, 0.717) is 24.5 Å². The van der Waals surface area contributed by atoms with E-state index in [-0.39, 0.29) is 11.0 Å². The Morgan fingerprint density at radius 2 is 2.26 bits per heavy atom. The Hall–Kier alpha value is -2.22. The quantitative estimate of drug-likeness (QED) is 0.850. The fraction of sp³-hybridized carbons (Fsp3) is 0.429. The fourth-order valence-corrected chi connectivity index (χ4v) is 1.88. The summed E-state index contributed by atoms with van der Waals surface area (Å²) < 4.78 is 10.6. The zero-order valence-electron chi connectivity index (χ0n) is 10.7. The van der Waals surface area contributed by atoms with Crippen LogP contribution in [0.25, 0.3) is 0 Å². The van der Waals surface area contributed by atoms with Crippen molar-refractivity contribution in [2.75, 3.05) is 13.7 Å². The molecule has 5 heteroatoms. The van der Waals surface area contributed by atoms with Crippen molar-refractivity contribution in [1.82, 2.24) is 0 Å². The summed E-state index contributed by atoms with van der Waals surface area (Å²) in [5.41, 5.74) is -0.00289. The molecule has 0 saturated heterocycles. The smallest absolute Gasteiger partial charge is 0.339 e. The van der Waals surface area contributed by atoms with Gasteiger partial charge in [-0.2, -0.15) is 5.26 Å². The summed E-state index contributed by atoms with van der Waals surface area (Å²) in [6, 6.07) is 6.82. The van der Waals surface area contributed by atoms with Gasteiger partial charge >= 0.3 is 5.97 Å². The van der Waals surface area contributed by atoms with E-state index in [1.807, 2.05) is 0 Å². The number of hydrogen-bond acceptors (Lipinski definition) is 4. The summed E-state index contributed by atoms with van der Waals surface area (Å²) in [5, 5.41) is 17.9. The van der Waals surface area contributed by atoms with E-state index in [0.717, 1.165) is 12.8 Å². The maximum atomic E-state index is 11.2. The number of benzene rings is 1. The minimum atomic E-state index is -1.06. The first kappa shape index (κ1) is 13.2. The molecule has 1 aliphatic carbocycles. The van der Waals surface area contributed by atoms with Crippen molar-refractivity contribution in [1.29, 1.82) is 5.26 Å². The van der Waals surface area contributed by atoms with Crippen LogP contribution in [-0.2, 0) is 0 Å². The summed E-state index contributed by atoms with van der Waals surface area (Å²) in [4.78, 5) is 11.2. The maximum Gasteiger partial charge on any atom is 0.339 e. The number of ether oxygens (including phenoxy) is 2. The molecule has 0 aromatic heterocycles. The predicted octanol–water partition coefficient (Wildman–Crippen LogP) is 2.47. The van der Waals surface area contributed by atoms with Crippen LogP contribution in [0.5, 0.6) is 11.5 Å². The molecule has 1 aliphatic rings. The minimum absolute atomic E-state index is 0.0760. The second-order valence-corrected chi connectivity index (χ2v) is 4.79. The van der Waals surface area contributed by atoms with Crippen molar-refractivity contribution in [3.05, 3.63) is 23.8 Å². The monoisotopic (exact) mass is 261 g/mol. The highest BCUT2D eigenvalue weighted by Crippen LogP contribution is 2.48. The zero-order chi connectivity index (χ0) is 13.9. The average Bonchev–Trinajstić information content (AvgIpc) is 3.17. The van der Waals surface area contributed by atoms with Gasteiger partial charge in [-0.25, -0.2) is 4.79 Å². The van der Waals surface area contributed by atoms with Crippen molar-refractivity contribution in [2.45, 2.75) is 19.3 Å². The van der Waals surface area contributed by atoms with Crippen LogP contribution < -0.4 is 9.47 Å². The van der Waals surface area contributed by atoms with Gasteiger partial charge in [-0.1, -0.05) is 0 Å². The van der Waals surface area contributed by atoms with Gasteiger partial charge in [0.1, 0.15) is 17.1 Å². The summed E-state index contributed by atoms with van der Waals surface area (Å²) in [6.07, 6.45) is 2.36. The highest BCUT2D eigenvalue weighted by atomic mass is 16.5. The number of nitrogens with zero attached hydrogens (tertiary/aromatic N) is 1. The first-order valence-corrected chi connectivity index (χ1v) is 6.01. The van der Waals surface area contributed by atoms with Gasteiger partial charge in [-0.15, -0.1) is 0 Å². The van der Waals surface area contributed by atoms with Crippen LogP contribution in [-0.4, -0.2) is 24.8 Å². The Balaban J connectivity index is 2.12. The first-order valence-electron chi connectivity index (χ1n) is 6.01. The third-order valence-electron chi connectivity index (χ3n) is 3.36. The molecule has 0 atom stereocenters. The van der Waals surface area contributed by atoms with E-state index < -0.39 is 5.97 Å². The molecule has 5 nitrogen and oxygen atoms in total. The summed E-state index contributed by atoms with van der Waals surface area (Å²) in [5.74, 6) is -0.264. The number of methoxy groups -OCH3 is 1. The Kier molecular flexibility index (Phi) is 3.61. The van der Waals surface area contributed by atoms with Crippen LogP contribution in [0, 0.1) is 16.7 Å². The van der Waals surface area contributed by atoms with Crippen LogP contribution >= 0.6 is 0 Å². The summed E-state index contributed by atoms with van der Waals surface area (Å²) in [6.45, 7) is 0.382. The molecule has 0 bridgehead atoms. The Morgan fingerprint density at radius 3 is 2.79 bits per heavy atom. The van der Waals surface area contributed by atoms with Crippen molar-refractivity contribution in [3.8, 4) is 17.6 Å². The SMILES string of the molecule is COc1ccc(OCC2(CC#N)CC2)c(C(=O)O)c1. The molecule has 1 saturated carbocycles. The molecular weight excluding hydrogens is 246 g/mol. The van der Waals surface area contributed by atoms with Gasteiger partial charge in [0.25, 0.3) is 0 Å². The largest absolute Gasteiger partial charge is 0.497 e. The summed E-state index contributed by atoms with van der Waals surface area (Å²) >= 11 is 0. The molecule has 100 valence electrons. The molecule has 1 N–H and O–H groups in total. The Bertz CT molecular complexity index is 529. The van der Waals surface area contributed by atoms with E-state index in [1.165, 1.54) is 13.2 Å². The van der Waals surface area contributed by atoms with Gasteiger partial charge in [0, 0.05) is 11.8 Å². The lowest BCUT2D eigenvalue weighted by atomic mass is 10.1. The lowest BCUT2D eigenvalue weighted by Gasteiger charge is -2.15. The van der Waals surface area contributed by atoms with Crippen molar-refractivity contribution in [2.24, 2.45) is 5.41 Å². The molecule has 0 unspecified atom stereocenters. The van der Waals surface area contributed by atoms with Gasteiger partial charge in [-0.05, 0) is 31.0 Å². The maximum absolute atomic E-state index is 11.2. The van der Waals surface area contributed by atoms with Crippen LogP contribution in [0.3, 0.4) is 0 Å². The average molecular weight is 261 g/mol. The number of carboxylic acids is 1. The number of aromatic carboxylic acids is 1. The number of carboxylic acid groups (broad SMARTS) is 1. The highest BCUT2D eigenvalue weighted by Gasteiger charge is 2.43. The molecule has 0 radical (unpaired) electrons. The van der Waals surface area contributed by atoms with Gasteiger partial charge in [-0.3, -0.25) is 0 Å². The molecule has 1 fully saturated rings. The van der Waals surface area contributed by atoms with E-state index >= 15 is 0 Å². The molecule has 0 spiro atoms. The molecule has 19 heavy (non-hydrogen) atoms. The fourth-order valence-electron chi connectivity index (χ4n) is 1.88. The van der Waals surface area contributed by atoms with Crippen LogP contribution in [0.2, 0.25) is 0 Å². The molecule has 0 heterocycles. The predicted molar refractivity (Wildman–Crippen MR) is 67.3 cm³/mol. The Morgan fingerprint density at radius 1 is 1.53 bits per heavy atom. The molecule has 0 amide bonds. The van der Waals surface area contributed by atoms with Crippen LogP contribution in [0.15, 0.2) is 18.2 Å².